The summed E-state index contributed by atoms with van der Waals surface area (Å²) in [6.07, 6.45) is 0. The molecule has 0 saturated heterocycles. The summed E-state index contributed by atoms with van der Waals surface area (Å²) in [6, 6.07) is 80.8. The van der Waals surface area contributed by atoms with Crippen LogP contribution in [0.15, 0.2) is 231 Å². The van der Waals surface area contributed by atoms with Gasteiger partial charge in [-0.3, -0.25) is 4.57 Å². The molecule has 6 heteroatoms. The Morgan fingerprint density at radius 1 is 0.288 bits per heavy atom. The summed E-state index contributed by atoms with van der Waals surface area (Å²) < 4.78 is 4.76. The molecule has 0 atom stereocenters. The van der Waals surface area contributed by atoms with E-state index in [0.29, 0.717) is 22.8 Å². The maximum absolute atomic E-state index is 5.67. The zero-order valence-electron chi connectivity index (χ0n) is 35.6. The third-order valence-corrected chi connectivity index (χ3v) is 12.7. The highest BCUT2D eigenvalue weighted by molar-refractivity contribution is 6.33. The van der Waals surface area contributed by atoms with Gasteiger partial charge in [0.25, 0.3) is 0 Å². The second kappa shape index (κ2) is 15.4. The monoisotopic (exact) mass is 842 g/mol. The predicted octanol–water partition coefficient (Wildman–Crippen LogP) is 14.9. The van der Waals surface area contributed by atoms with Crippen LogP contribution < -0.4 is 0 Å². The third kappa shape index (κ3) is 5.89. The van der Waals surface area contributed by atoms with E-state index >= 15 is 0 Å². The van der Waals surface area contributed by atoms with Crippen molar-refractivity contribution in [3.63, 3.8) is 0 Å². The van der Waals surface area contributed by atoms with Gasteiger partial charge in [-0.1, -0.05) is 206 Å². The van der Waals surface area contributed by atoms with Crippen LogP contribution >= 0.6 is 0 Å². The Labute approximate surface area is 380 Å². The van der Waals surface area contributed by atoms with Crippen LogP contribution in [0.4, 0.5) is 0 Å². The lowest BCUT2D eigenvalue weighted by molar-refractivity contribution is 1.01. The van der Waals surface area contributed by atoms with Gasteiger partial charge < -0.3 is 4.57 Å². The minimum atomic E-state index is 0.531. The highest BCUT2D eigenvalue weighted by Crippen LogP contribution is 2.52. The van der Waals surface area contributed by atoms with E-state index in [0.717, 1.165) is 99.6 Å². The van der Waals surface area contributed by atoms with Crippen LogP contribution in [-0.2, 0) is 0 Å². The van der Waals surface area contributed by atoms with Crippen LogP contribution in [0.1, 0.15) is 0 Å². The number of para-hydroxylation sites is 3. The van der Waals surface area contributed by atoms with Gasteiger partial charge in [-0.25, -0.2) is 19.9 Å². The molecule has 13 rings (SSSR count). The van der Waals surface area contributed by atoms with Gasteiger partial charge in [0.1, 0.15) is 22.4 Å². The van der Waals surface area contributed by atoms with E-state index in [1.165, 1.54) is 0 Å². The maximum Gasteiger partial charge on any atom is 0.236 e. The Kier molecular flexibility index (Phi) is 8.74. The topological polar surface area (TPSA) is 61.4 Å². The summed E-state index contributed by atoms with van der Waals surface area (Å²) in [5.41, 5.74) is 15.4. The molecule has 0 saturated carbocycles. The van der Waals surface area contributed by atoms with E-state index in [1.54, 1.807) is 0 Å². The molecule has 0 spiro atoms. The first-order valence-corrected chi connectivity index (χ1v) is 22.2. The van der Waals surface area contributed by atoms with Crippen molar-refractivity contribution >= 4 is 54.6 Å². The lowest BCUT2D eigenvalue weighted by Crippen LogP contribution is -2.07. The van der Waals surface area contributed by atoms with Crippen molar-refractivity contribution in [1.29, 1.82) is 0 Å². The largest absolute Gasteiger partial charge is 0.309 e. The average molecular weight is 843 g/mol. The van der Waals surface area contributed by atoms with Gasteiger partial charge in [0.2, 0.25) is 5.95 Å². The Hall–Kier alpha value is -9.00. The molecule has 0 amide bonds. The normalized spacial score (nSPS) is 11.6. The van der Waals surface area contributed by atoms with Crippen LogP contribution in [0.3, 0.4) is 0 Å². The summed E-state index contributed by atoms with van der Waals surface area (Å²) in [5, 5.41) is 4.52. The molecule has 0 N–H and O–H groups in total. The molecule has 6 nitrogen and oxygen atoms in total. The molecule has 13 aromatic rings. The molecular formula is C60H38N6. The highest BCUT2D eigenvalue weighted by Gasteiger charge is 2.30. The number of benzene rings is 9. The van der Waals surface area contributed by atoms with E-state index < -0.39 is 0 Å². The van der Waals surface area contributed by atoms with Crippen molar-refractivity contribution in [1.82, 2.24) is 29.1 Å². The van der Waals surface area contributed by atoms with Crippen LogP contribution in [0.5, 0.6) is 0 Å². The number of hydrogen-bond acceptors (Lipinski definition) is 4. The number of fused-ring (bicyclic) bond motifs is 7. The highest BCUT2D eigenvalue weighted by atomic mass is 15.2. The van der Waals surface area contributed by atoms with Crippen molar-refractivity contribution in [2.24, 2.45) is 0 Å². The molecule has 0 fully saturated rings. The fourth-order valence-corrected chi connectivity index (χ4v) is 9.94. The molecule has 0 unspecified atom stereocenters. The van der Waals surface area contributed by atoms with Crippen LogP contribution in [-0.4, -0.2) is 29.1 Å². The van der Waals surface area contributed by atoms with Crippen molar-refractivity contribution in [2.75, 3.05) is 0 Å². The van der Waals surface area contributed by atoms with Crippen molar-refractivity contribution in [3.8, 4) is 67.8 Å². The van der Waals surface area contributed by atoms with Crippen LogP contribution in [0, 0.1) is 0 Å². The van der Waals surface area contributed by atoms with Gasteiger partial charge in [-0.15, -0.1) is 0 Å². The van der Waals surface area contributed by atoms with Crippen molar-refractivity contribution in [2.45, 2.75) is 0 Å². The standard InChI is InChI=1S/C60H38N6/c1-7-23-39(24-8-1)49-52-46-36-20-22-38-48(46)66(58(52)50(40-25-9-2-10-26-40)51-45-35-19-21-37-47(45)65(57(49)51)44-33-17-6-18-34-44)60-63-54(42-29-13-4-14-30-42)55-56(64-60)53(41-27-11-3-12-28-41)61-59(62-55)43-31-15-5-16-32-43/h1-38H. The maximum atomic E-state index is 5.67. The lowest BCUT2D eigenvalue weighted by Gasteiger charge is -2.18. The molecule has 0 radical (unpaired) electrons. The zero-order valence-corrected chi connectivity index (χ0v) is 35.6. The smallest absolute Gasteiger partial charge is 0.236 e. The molecule has 4 heterocycles. The number of aromatic nitrogens is 6. The zero-order chi connectivity index (χ0) is 43.6. The van der Waals surface area contributed by atoms with Crippen LogP contribution in [0.25, 0.3) is 122 Å². The Balaban J connectivity index is 1.28. The molecule has 0 aliphatic carbocycles. The quantitative estimate of drug-likeness (QED) is 0.160. The van der Waals surface area contributed by atoms with Gasteiger partial charge in [-0.2, -0.15) is 0 Å². The van der Waals surface area contributed by atoms with Gasteiger partial charge in [-0.05, 0) is 35.4 Å². The molecule has 9 aromatic carbocycles. The molecule has 0 aliphatic rings. The number of rotatable bonds is 7. The van der Waals surface area contributed by atoms with Gasteiger partial charge >= 0.3 is 0 Å². The van der Waals surface area contributed by atoms with E-state index in [-0.39, 0.29) is 0 Å². The second-order valence-corrected chi connectivity index (χ2v) is 16.5. The Bertz CT molecular complexity index is 3940. The SMILES string of the molecule is c1ccc(-c2nc(-c3ccccc3)c3nc(-n4c5ccccc5c5c(-c6ccccc6)c6c(c(-c7ccccc7)c54)c4ccccc4n6-c4ccccc4)nc(-c4ccccc4)c3n2)cc1. The third-order valence-electron chi connectivity index (χ3n) is 12.7. The predicted molar refractivity (Wildman–Crippen MR) is 271 cm³/mol. The Morgan fingerprint density at radius 3 is 1.18 bits per heavy atom. The van der Waals surface area contributed by atoms with E-state index in [1.807, 2.05) is 42.5 Å². The van der Waals surface area contributed by atoms with Crippen molar-refractivity contribution in [3.05, 3.63) is 231 Å². The summed E-state index contributed by atoms with van der Waals surface area (Å²) in [5.74, 6) is 1.14. The van der Waals surface area contributed by atoms with E-state index in [9.17, 15) is 0 Å². The second-order valence-electron chi connectivity index (χ2n) is 16.5. The summed E-state index contributed by atoms with van der Waals surface area (Å²) in [6.45, 7) is 0. The van der Waals surface area contributed by atoms with E-state index in [2.05, 4.69) is 197 Å². The average Bonchev–Trinajstić information content (AvgIpc) is 3.92. The van der Waals surface area contributed by atoms with E-state index in [4.69, 9.17) is 19.9 Å². The molecule has 308 valence electrons. The van der Waals surface area contributed by atoms with Crippen LogP contribution in [0.2, 0.25) is 0 Å². The van der Waals surface area contributed by atoms with Gasteiger partial charge in [0.05, 0.1) is 22.1 Å². The van der Waals surface area contributed by atoms with Crippen molar-refractivity contribution < 1.29 is 0 Å². The minimum absolute atomic E-state index is 0.531. The fraction of sp³-hybridized carbons (Fsp3) is 0. The molecule has 0 bridgehead atoms. The van der Waals surface area contributed by atoms with Gasteiger partial charge in [0.15, 0.2) is 5.82 Å². The lowest BCUT2D eigenvalue weighted by atomic mass is 9.90. The summed E-state index contributed by atoms with van der Waals surface area (Å²) in [7, 11) is 0. The number of hydrogen-bond donors (Lipinski definition) is 0. The first-order chi connectivity index (χ1) is 32.8. The first-order valence-electron chi connectivity index (χ1n) is 22.2. The van der Waals surface area contributed by atoms with Gasteiger partial charge in [0, 0.05) is 55.0 Å². The molecule has 66 heavy (non-hydrogen) atoms. The molecular weight excluding hydrogens is 805 g/mol. The first kappa shape index (κ1) is 37.5. The minimum Gasteiger partial charge on any atom is -0.309 e. The summed E-state index contributed by atoms with van der Waals surface area (Å²) in [4.78, 5) is 22.0. The molecule has 4 aromatic heterocycles. The summed E-state index contributed by atoms with van der Waals surface area (Å²) >= 11 is 0. The molecule has 0 aliphatic heterocycles. The fourth-order valence-electron chi connectivity index (χ4n) is 9.94. The Morgan fingerprint density at radius 2 is 0.667 bits per heavy atom. The number of nitrogens with zero attached hydrogens (tertiary/aromatic N) is 6.